The van der Waals surface area contributed by atoms with Gasteiger partial charge in [-0.2, -0.15) is 0 Å². The molecule has 43 heavy (non-hydrogen) atoms. The number of furan rings is 1. The maximum absolute atomic E-state index is 6.33. The molecule has 0 aliphatic heterocycles. The third kappa shape index (κ3) is 4.01. The van der Waals surface area contributed by atoms with Crippen molar-refractivity contribution in [3.05, 3.63) is 152 Å². The zero-order valence-corrected chi connectivity index (χ0v) is 24.9. The fourth-order valence-electron chi connectivity index (χ4n) is 6.37. The normalized spacial score (nSPS) is 11.7. The fraction of sp³-hybridized carbons (Fsp3) is 0. The summed E-state index contributed by atoms with van der Waals surface area (Å²) in [6, 6.07) is 54.6. The molecule has 9 aromatic rings. The van der Waals surface area contributed by atoms with Crippen molar-refractivity contribution in [3.63, 3.8) is 0 Å². The average Bonchev–Trinajstić information content (AvgIpc) is 3.63. The van der Waals surface area contributed by atoms with Crippen molar-refractivity contribution in [3.8, 4) is 11.1 Å². The topological polar surface area (TPSA) is 16.4 Å². The Morgan fingerprint density at radius 1 is 0.419 bits per heavy atom. The summed E-state index contributed by atoms with van der Waals surface area (Å²) in [6.45, 7) is 0. The van der Waals surface area contributed by atoms with Gasteiger partial charge in [0.15, 0.2) is 0 Å². The summed E-state index contributed by atoms with van der Waals surface area (Å²) in [4.78, 5) is 2.36. The van der Waals surface area contributed by atoms with Gasteiger partial charge in [-0.15, -0.1) is 0 Å². The van der Waals surface area contributed by atoms with E-state index < -0.39 is 0 Å². The van der Waals surface area contributed by atoms with Crippen LogP contribution in [-0.4, -0.2) is 14.5 Å². The molecule has 0 bridgehead atoms. The van der Waals surface area contributed by atoms with E-state index in [4.69, 9.17) is 4.42 Å². The number of rotatable bonds is 4. The van der Waals surface area contributed by atoms with Crippen LogP contribution in [0.25, 0.3) is 63.1 Å². The summed E-state index contributed by atoms with van der Waals surface area (Å²) in [5.74, 6) is 0. The molecule has 9 rings (SSSR count). The van der Waals surface area contributed by atoms with Gasteiger partial charge in [0.05, 0.1) is 0 Å². The molecule has 0 atom stereocenters. The van der Waals surface area contributed by atoms with E-state index in [-0.39, 0.29) is 14.5 Å². The summed E-state index contributed by atoms with van der Waals surface area (Å²) in [7, 11) is 0. The summed E-state index contributed by atoms with van der Waals surface area (Å²) >= 11 is 0.229. The average molecular weight is 615 g/mol. The number of anilines is 3. The van der Waals surface area contributed by atoms with E-state index in [1.165, 1.54) is 41.2 Å². The number of nitrogens with zero attached hydrogens (tertiary/aromatic N) is 1. The van der Waals surface area contributed by atoms with E-state index in [9.17, 15) is 0 Å². The molecule has 0 N–H and O–H groups in total. The predicted octanol–water partition coefficient (Wildman–Crippen LogP) is 11.2. The zero-order chi connectivity index (χ0) is 28.3. The Hall–Kier alpha value is -5.08. The maximum atomic E-state index is 6.33. The first-order chi connectivity index (χ1) is 21.3. The van der Waals surface area contributed by atoms with E-state index in [2.05, 4.69) is 144 Å². The minimum atomic E-state index is 0.229. The standard InChI is InChI=1S/C40H25NOSe/c1-2-8-26(9-3-1)27-14-17-29(18-15-27)41(30-19-22-34-33-12-6-7-13-37(33)42-38(34)24-30)31-20-23-35-36-21-16-28-10-4-5-11-32(28)40(36)43-39(35)25-31/h1-25H. The molecule has 2 aromatic heterocycles. The number of para-hydroxylation sites is 1. The van der Waals surface area contributed by atoms with Crippen LogP contribution in [0.4, 0.5) is 17.1 Å². The van der Waals surface area contributed by atoms with Crippen LogP contribution in [0.15, 0.2) is 156 Å². The molecule has 0 saturated heterocycles. The van der Waals surface area contributed by atoms with Crippen LogP contribution in [0, 0.1) is 0 Å². The first kappa shape index (κ1) is 24.5. The van der Waals surface area contributed by atoms with Gasteiger partial charge in [-0.3, -0.25) is 0 Å². The van der Waals surface area contributed by atoms with Crippen LogP contribution in [0.1, 0.15) is 0 Å². The quantitative estimate of drug-likeness (QED) is 0.183. The Labute approximate surface area is 254 Å². The van der Waals surface area contributed by atoms with Crippen molar-refractivity contribution in [2.75, 3.05) is 4.90 Å². The summed E-state index contributed by atoms with van der Waals surface area (Å²) < 4.78 is 9.24. The van der Waals surface area contributed by atoms with E-state index in [1.807, 2.05) is 12.1 Å². The molecule has 0 spiro atoms. The van der Waals surface area contributed by atoms with Gasteiger partial charge in [0.1, 0.15) is 0 Å². The van der Waals surface area contributed by atoms with Crippen molar-refractivity contribution in [1.82, 2.24) is 0 Å². The Balaban J connectivity index is 1.23. The molecule has 3 heteroatoms. The van der Waals surface area contributed by atoms with Gasteiger partial charge < -0.3 is 0 Å². The van der Waals surface area contributed by atoms with Crippen molar-refractivity contribution in [2.45, 2.75) is 0 Å². The first-order valence-electron chi connectivity index (χ1n) is 14.5. The molecule has 2 nitrogen and oxygen atoms in total. The van der Waals surface area contributed by atoms with Gasteiger partial charge in [0, 0.05) is 0 Å². The van der Waals surface area contributed by atoms with Crippen LogP contribution >= 0.6 is 0 Å². The first-order valence-corrected chi connectivity index (χ1v) is 16.2. The molecular weight excluding hydrogens is 589 g/mol. The van der Waals surface area contributed by atoms with Crippen molar-refractivity contribution in [2.24, 2.45) is 0 Å². The molecule has 0 aliphatic carbocycles. The van der Waals surface area contributed by atoms with E-state index in [1.54, 1.807) is 0 Å². The number of fused-ring (bicyclic) bond motifs is 8. The van der Waals surface area contributed by atoms with Gasteiger partial charge in [-0.25, -0.2) is 0 Å². The van der Waals surface area contributed by atoms with Crippen molar-refractivity contribution >= 4 is 83.6 Å². The fourth-order valence-corrected chi connectivity index (χ4v) is 9.03. The summed E-state index contributed by atoms with van der Waals surface area (Å²) in [6.07, 6.45) is 0. The number of hydrogen-bond acceptors (Lipinski definition) is 2. The molecule has 202 valence electrons. The van der Waals surface area contributed by atoms with Crippen LogP contribution in [0.2, 0.25) is 0 Å². The van der Waals surface area contributed by atoms with Gasteiger partial charge in [-0.1, -0.05) is 0 Å². The Morgan fingerprint density at radius 2 is 1.05 bits per heavy atom. The molecular formula is C40H25NOSe. The van der Waals surface area contributed by atoms with Gasteiger partial charge in [-0.05, 0) is 0 Å². The second-order valence-corrected chi connectivity index (χ2v) is 13.2. The second-order valence-electron chi connectivity index (χ2n) is 11.0. The van der Waals surface area contributed by atoms with Gasteiger partial charge in [0.2, 0.25) is 0 Å². The molecule has 0 radical (unpaired) electrons. The second kappa shape index (κ2) is 9.74. The van der Waals surface area contributed by atoms with Crippen LogP contribution in [-0.2, 0) is 0 Å². The molecule has 2 heterocycles. The zero-order valence-electron chi connectivity index (χ0n) is 23.2. The molecule has 0 unspecified atom stereocenters. The number of benzene rings is 7. The SMILES string of the molecule is c1ccc(-c2ccc(N(c3ccc4c(c3)oc3ccccc34)c3ccc4c(c3)[se]c3c5ccccc5ccc43)cc2)cc1. The summed E-state index contributed by atoms with van der Waals surface area (Å²) in [5, 5.41) is 7.71. The van der Waals surface area contributed by atoms with Gasteiger partial charge in [0.25, 0.3) is 0 Å². The Bertz CT molecular complexity index is 2450. The van der Waals surface area contributed by atoms with Crippen LogP contribution in [0.3, 0.4) is 0 Å². The monoisotopic (exact) mass is 615 g/mol. The van der Waals surface area contributed by atoms with E-state index >= 15 is 0 Å². The molecule has 0 saturated carbocycles. The third-order valence-corrected chi connectivity index (χ3v) is 11.0. The predicted molar refractivity (Wildman–Crippen MR) is 183 cm³/mol. The Kier molecular flexibility index (Phi) is 5.55. The van der Waals surface area contributed by atoms with E-state index in [0.29, 0.717) is 0 Å². The Morgan fingerprint density at radius 3 is 1.91 bits per heavy atom. The molecule has 7 aromatic carbocycles. The number of hydrogen-bond donors (Lipinski definition) is 0. The van der Waals surface area contributed by atoms with Crippen LogP contribution in [0.5, 0.6) is 0 Å². The molecule has 0 amide bonds. The van der Waals surface area contributed by atoms with Crippen LogP contribution < -0.4 is 4.90 Å². The summed E-state index contributed by atoms with van der Waals surface area (Å²) in [5.41, 5.74) is 7.58. The van der Waals surface area contributed by atoms with Gasteiger partial charge >= 0.3 is 256 Å². The van der Waals surface area contributed by atoms with E-state index in [0.717, 1.165) is 39.0 Å². The van der Waals surface area contributed by atoms with Crippen molar-refractivity contribution < 1.29 is 4.42 Å². The van der Waals surface area contributed by atoms with Crippen molar-refractivity contribution in [1.29, 1.82) is 0 Å². The third-order valence-electron chi connectivity index (χ3n) is 8.46. The minimum absolute atomic E-state index is 0.229. The molecule has 0 aliphatic rings. The molecule has 0 fully saturated rings.